The van der Waals surface area contributed by atoms with Gasteiger partial charge in [0.05, 0.1) is 18.2 Å². The first kappa shape index (κ1) is 15.4. The number of aryl methyl sites for hydroxylation is 1. The number of aliphatic hydroxyl groups excluding tert-OH is 1. The number of aliphatic hydroxyl groups is 1. The van der Waals surface area contributed by atoms with Crippen LogP contribution in [0.2, 0.25) is 0 Å². The summed E-state index contributed by atoms with van der Waals surface area (Å²) in [5, 5.41) is 9.83. The highest BCUT2D eigenvalue weighted by molar-refractivity contribution is 5.78. The van der Waals surface area contributed by atoms with Crippen molar-refractivity contribution in [2.75, 3.05) is 0 Å². The monoisotopic (exact) mass is 315 g/mol. The molecule has 3 rings (SSSR count). The lowest BCUT2D eigenvalue weighted by molar-refractivity contribution is 0.150. The summed E-state index contributed by atoms with van der Waals surface area (Å²) < 4.78 is 14.9. The Morgan fingerprint density at radius 1 is 1.35 bits per heavy atom. The molecule has 2 heterocycles. The Morgan fingerprint density at radius 2 is 2.13 bits per heavy atom. The molecule has 23 heavy (non-hydrogen) atoms. The van der Waals surface area contributed by atoms with Gasteiger partial charge < -0.3 is 5.11 Å². The zero-order chi connectivity index (χ0) is 16.6. The van der Waals surface area contributed by atoms with E-state index >= 15 is 0 Å². The molecule has 2 N–H and O–H groups in total. The van der Waals surface area contributed by atoms with E-state index in [2.05, 4.69) is 9.97 Å². The van der Waals surface area contributed by atoms with E-state index in [0.717, 1.165) is 11.1 Å². The number of benzene rings is 1. The number of aromatic amines is 1. The minimum Gasteiger partial charge on any atom is -0.391 e. The summed E-state index contributed by atoms with van der Waals surface area (Å²) in [6.45, 7) is 3.77. The number of imidazole rings is 1. The van der Waals surface area contributed by atoms with Crippen molar-refractivity contribution in [2.24, 2.45) is 0 Å². The summed E-state index contributed by atoms with van der Waals surface area (Å²) in [6, 6.07) is 6.67. The molecule has 6 heteroatoms. The second-order valence-electron chi connectivity index (χ2n) is 5.66. The van der Waals surface area contributed by atoms with Crippen molar-refractivity contribution in [3.05, 3.63) is 52.3 Å². The lowest BCUT2D eigenvalue weighted by Gasteiger charge is -2.09. The van der Waals surface area contributed by atoms with Crippen LogP contribution in [-0.2, 0) is 6.54 Å². The highest BCUT2D eigenvalue weighted by Crippen LogP contribution is 2.23. The number of fused-ring (bicyclic) bond motifs is 1. The van der Waals surface area contributed by atoms with Crippen molar-refractivity contribution < 1.29 is 9.50 Å². The second kappa shape index (κ2) is 5.96. The van der Waals surface area contributed by atoms with Crippen LogP contribution in [0.5, 0.6) is 0 Å². The first-order valence-electron chi connectivity index (χ1n) is 7.52. The van der Waals surface area contributed by atoms with E-state index in [0.29, 0.717) is 23.1 Å². The molecule has 0 aliphatic carbocycles. The molecule has 0 saturated heterocycles. The number of nitrogens with one attached hydrogen (secondary N) is 1. The van der Waals surface area contributed by atoms with Crippen molar-refractivity contribution in [2.45, 2.75) is 32.9 Å². The van der Waals surface area contributed by atoms with Crippen molar-refractivity contribution in [1.82, 2.24) is 14.5 Å². The number of rotatable bonds is 4. The molecule has 0 radical (unpaired) electrons. The van der Waals surface area contributed by atoms with Crippen LogP contribution in [0, 0.1) is 12.7 Å². The highest BCUT2D eigenvalue weighted by atomic mass is 19.1. The first-order valence-corrected chi connectivity index (χ1v) is 7.52. The number of pyridine rings is 1. The van der Waals surface area contributed by atoms with Gasteiger partial charge in [-0.15, -0.1) is 0 Å². The van der Waals surface area contributed by atoms with Crippen LogP contribution < -0.4 is 5.69 Å². The fraction of sp³-hybridized carbons (Fsp3) is 0.294. The minimum absolute atomic E-state index is 0.211. The van der Waals surface area contributed by atoms with E-state index in [1.807, 2.05) is 13.0 Å². The molecule has 5 nitrogen and oxygen atoms in total. The molecule has 0 aliphatic rings. The molecule has 120 valence electrons. The number of aromatic nitrogens is 3. The number of halogens is 1. The van der Waals surface area contributed by atoms with E-state index in [-0.39, 0.29) is 18.1 Å². The predicted molar refractivity (Wildman–Crippen MR) is 86.8 cm³/mol. The normalized spacial score (nSPS) is 12.7. The van der Waals surface area contributed by atoms with Gasteiger partial charge in [0.15, 0.2) is 5.65 Å². The molecule has 3 aromatic rings. The third-order valence-corrected chi connectivity index (χ3v) is 3.98. The maximum absolute atomic E-state index is 13.4. The quantitative estimate of drug-likeness (QED) is 0.777. The zero-order valence-corrected chi connectivity index (χ0v) is 13.0. The Labute approximate surface area is 132 Å². The lowest BCUT2D eigenvalue weighted by atomic mass is 10.0. The van der Waals surface area contributed by atoms with Gasteiger partial charge in [-0.3, -0.25) is 9.55 Å². The van der Waals surface area contributed by atoms with E-state index in [1.54, 1.807) is 25.3 Å². The number of hydrogen-bond donors (Lipinski definition) is 2. The molecule has 0 saturated carbocycles. The second-order valence-corrected chi connectivity index (χ2v) is 5.66. The van der Waals surface area contributed by atoms with Gasteiger partial charge in [0.1, 0.15) is 5.82 Å². The first-order chi connectivity index (χ1) is 11.0. The topological polar surface area (TPSA) is 70.9 Å². The van der Waals surface area contributed by atoms with Crippen LogP contribution in [0.15, 0.2) is 35.3 Å². The molecule has 0 fully saturated rings. The number of hydrogen-bond acceptors (Lipinski definition) is 3. The van der Waals surface area contributed by atoms with Gasteiger partial charge in [-0.1, -0.05) is 13.0 Å². The highest BCUT2D eigenvalue weighted by Gasteiger charge is 2.12. The van der Waals surface area contributed by atoms with Gasteiger partial charge in [-0.05, 0) is 42.7 Å². The van der Waals surface area contributed by atoms with Crippen LogP contribution in [0.4, 0.5) is 4.39 Å². The summed E-state index contributed by atoms with van der Waals surface area (Å²) >= 11 is 0. The molecular weight excluding hydrogens is 297 g/mol. The molecule has 1 aromatic carbocycles. The maximum atomic E-state index is 13.4. The molecule has 0 bridgehead atoms. The van der Waals surface area contributed by atoms with E-state index in [1.165, 1.54) is 10.6 Å². The number of nitrogens with zero attached hydrogens (tertiary/aromatic N) is 2. The summed E-state index contributed by atoms with van der Waals surface area (Å²) in [5.41, 5.74) is 2.97. The molecule has 1 atom stereocenters. The summed E-state index contributed by atoms with van der Waals surface area (Å²) in [5.74, 6) is -0.257. The van der Waals surface area contributed by atoms with Crippen molar-refractivity contribution >= 4 is 11.2 Å². The molecule has 0 amide bonds. The van der Waals surface area contributed by atoms with E-state index < -0.39 is 6.10 Å². The SMILES string of the molecule is CCC(O)Cn1c(=O)[nH]c2ncc(-c3ccc(F)c(C)c3)cc21. The van der Waals surface area contributed by atoms with E-state index in [4.69, 9.17) is 0 Å². The van der Waals surface area contributed by atoms with Crippen LogP contribution in [0.3, 0.4) is 0 Å². The van der Waals surface area contributed by atoms with Gasteiger partial charge in [0.2, 0.25) is 0 Å². The Hall–Kier alpha value is -2.47. The Kier molecular flexibility index (Phi) is 4.00. The van der Waals surface area contributed by atoms with Crippen LogP contribution >= 0.6 is 0 Å². The fourth-order valence-corrected chi connectivity index (χ4v) is 2.54. The maximum Gasteiger partial charge on any atom is 0.327 e. The van der Waals surface area contributed by atoms with Gasteiger partial charge in [-0.25, -0.2) is 14.2 Å². The minimum atomic E-state index is -0.594. The predicted octanol–water partition coefficient (Wildman–Crippen LogP) is 2.61. The van der Waals surface area contributed by atoms with Crippen LogP contribution in [0.1, 0.15) is 18.9 Å². The van der Waals surface area contributed by atoms with Gasteiger partial charge in [0, 0.05) is 11.8 Å². The fourth-order valence-electron chi connectivity index (χ4n) is 2.54. The van der Waals surface area contributed by atoms with Crippen molar-refractivity contribution in [1.29, 1.82) is 0 Å². The molecule has 2 aromatic heterocycles. The van der Waals surface area contributed by atoms with Gasteiger partial charge in [0.25, 0.3) is 0 Å². The van der Waals surface area contributed by atoms with Crippen LogP contribution in [-0.4, -0.2) is 25.7 Å². The average molecular weight is 315 g/mol. The largest absolute Gasteiger partial charge is 0.391 e. The summed E-state index contributed by atoms with van der Waals surface area (Å²) in [4.78, 5) is 19.0. The molecular formula is C17H18FN3O2. The van der Waals surface area contributed by atoms with E-state index in [9.17, 15) is 14.3 Å². The standard InChI is InChI=1S/C17H18FN3O2/c1-3-13(22)9-21-15-7-12(8-19-16(15)20-17(21)23)11-4-5-14(18)10(2)6-11/h4-8,13,22H,3,9H2,1-2H3,(H,19,20,23). The van der Waals surface area contributed by atoms with Crippen molar-refractivity contribution in [3.8, 4) is 11.1 Å². The number of H-pyrrole nitrogens is 1. The zero-order valence-electron chi connectivity index (χ0n) is 13.0. The third kappa shape index (κ3) is 2.90. The van der Waals surface area contributed by atoms with Gasteiger partial charge in [-0.2, -0.15) is 0 Å². The summed E-state index contributed by atoms with van der Waals surface area (Å²) in [6.07, 6.45) is 1.61. The van der Waals surface area contributed by atoms with Crippen molar-refractivity contribution in [3.63, 3.8) is 0 Å². The smallest absolute Gasteiger partial charge is 0.327 e. The Morgan fingerprint density at radius 3 is 2.83 bits per heavy atom. The molecule has 1 unspecified atom stereocenters. The summed E-state index contributed by atoms with van der Waals surface area (Å²) in [7, 11) is 0. The molecule has 0 spiro atoms. The third-order valence-electron chi connectivity index (χ3n) is 3.98. The average Bonchev–Trinajstić information content (AvgIpc) is 2.85. The Balaban J connectivity index is 2.11. The lowest BCUT2D eigenvalue weighted by Crippen LogP contribution is -2.24. The Bertz CT molecular complexity index is 914. The van der Waals surface area contributed by atoms with Crippen LogP contribution in [0.25, 0.3) is 22.3 Å². The van der Waals surface area contributed by atoms with Gasteiger partial charge >= 0.3 is 5.69 Å². The molecule has 0 aliphatic heterocycles.